The first-order valence-electron chi connectivity index (χ1n) is 3.62. The van der Waals surface area contributed by atoms with E-state index in [1.54, 1.807) is 6.92 Å². The number of hydrogen-bond donors (Lipinski definition) is 0. The van der Waals surface area contributed by atoms with Crippen molar-refractivity contribution < 1.29 is 13.6 Å². The molecule has 0 N–H and O–H groups in total. The Morgan fingerprint density at radius 3 is 2.17 bits per heavy atom. The average molecular weight is 170 g/mol. The van der Waals surface area contributed by atoms with Crippen LogP contribution in [0.2, 0.25) is 0 Å². The Balaban J connectivity index is 3.08. The summed E-state index contributed by atoms with van der Waals surface area (Å²) in [5.41, 5.74) is 0.0926. The quantitative estimate of drug-likeness (QED) is 0.623. The zero-order valence-electron chi connectivity index (χ0n) is 6.60. The smallest absolute Gasteiger partial charge is 0.162 e. The highest BCUT2D eigenvalue weighted by atomic mass is 19.1. The van der Waals surface area contributed by atoms with E-state index in [2.05, 4.69) is 0 Å². The van der Waals surface area contributed by atoms with E-state index in [4.69, 9.17) is 0 Å². The zero-order valence-corrected chi connectivity index (χ0v) is 6.60. The van der Waals surface area contributed by atoms with E-state index in [1.165, 1.54) is 0 Å². The zero-order chi connectivity index (χ0) is 9.14. The van der Waals surface area contributed by atoms with Gasteiger partial charge in [-0.2, -0.15) is 0 Å². The number of halogens is 2. The lowest BCUT2D eigenvalue weighted by Gasteiger charge is -1.97. The van der Waals surface area contributed by atoms with Crippen LogP contribution in [0.1, 0.15) is 23.7 Å². The third-order valence-electron chi connectivity index (χ3n) is 1.51. The van der Waals surface area contributed by atoms with Gasteiger partial charge in [0.2, 0.25) is 0 Å². The van der Waals surface area contributed by atoms with E-state index < -0.39 is 11.6 Å². The van der Waals surface area contributed by atoms with Gasteiger partial charge in [0.25, 0.3) is 0 Å². The molecule has 0 saturated heterocycles. The molecule has 1 aromatic carbocycles. The SMILES string of the molecule is CCC(=O)c1cc(F)cc(F)c1. The Labute approximate surface area is 69.0 Å². The molecule has 12 heavy (non-hydrogen) atoms. The van der Waals surface area contributed by atoms with Gasteiger partial charge in [-0.15, -0.1) is 0 Å². The predicted octanol–water partition coefficient (Wildman–Crippen LogP) is 2.56. The molecule has 1 rings (SSSR count). The van der Waals surface area contributed by atoms with Crippen molar-refractivity contribution in [2.45, 2.75) is 13.3 Å². The summed E-state index contributed by atoms with van der Waals surface area (Å²) in [4.78, 5) is 11.0. The normalized spacial score (nSPS) is 9.92. The standard InChI is InChI=1S/C9H8F2O/c1-2-9(12)6-3-7(10)5-8(11)4-6/h3-5H,2H2,1H3. The highest BCUT2D eigenvalue weighted by Crippen LogP contribution is 2.09. The molecule has 0 spiro atoms. The van der Waals surface area contributed by atoms with Crippen molar-refractivity contribution in [3.05, 3.63) is 35.4 Å². The summed E-state index contributed by atoms with van der Waals surface area (Å²) in [5.74, 6) is -1.69. The highest BCUT2D eigenvalue weighted by molar-refractivity contribution is 5.95. The van der Waals surface area contributed by atoms with Gasteiger partial charge < -0.3 is 0 Å². The molecular formula is C9H8F2O. The molecule has 64 valence electrons. The summed E-state index contributed by atoms with van der Waals surface area (Å²) in [6.07, 6.45) is 0.253. The lowest BCUT2D eigenvalue weighted by molar-refractivity contribution is 0.0987. The molecule has 0 aliphatic rings. The first kappa shape index (κ1) is 8.84. The minimum Gasteiger partial charge on any atom is -0.294 e. The van der Waals surface area contributed by atoms with E-state index in [0.29, 0.717) is 0 Å². The number of rotatable bonds is 2. The molecule has 0 fully saturated rings. The average Bonchev–Trinajstić information content (AvgIpc) is 2.01. The number of ketones is 1. The molecule has 0 aliphatic heterocycles. The molecule has 0 unspecified atom stereocenters. The van der Waals surface area contributed by atoms with Crippen LogP contribution in [0, 0.1) is 11.6 Å². The van der Waals surface area contributed by atoms with Crippen LogP contribution in [0.3, 0.4) is 0 Å². The second-order valence-electron chi connectivity index (χ2n) is 2.43. The molecule has 0 aliphatic carbocycles. The maximum Gasteiger partial charge on any atom is 0.162 e. The Kier molecular flexibility index (Phi) is 2.53. The minimum absolute atomic E-state index is 0.0926. The van der Waals surface area contributed by atoms with Crippen LogP contribution in [0.15, 0.2) is 18.2 Å². The van der Waals surface area contributed by atoms with Gasteiger partial charge in [-0.05, 0) is 12.1 Å². The van der Waals surface area contributed by atoms with Gasteiger partial charge in [0.15, 0.2) is 5.78 Å². The first-order chi connectivity index (χ1) is 5.63. The molecule has 0 bridgehead atoms. The van der Waals surface area contributed by atoms with Crippen LogP contribution in [0.5, 0.6) is 0 Å². The van der Waals surface area contributed by atoms with Crippen molar-refractivity contribution in [1.82, 2.24) is 0 Å². The van der Waals surface area contributed by atoms with E-state index in [1.807, 2.05) is 0 Å². The summed E-state index contributed by atoms with van der Waals surface area (Å²) in [5, 5.41) is 0. The van der Waals surface area contributed by atoms with Crippen LogP contribution in [-0.4, -0.2) is 5.78 Å². The molecule has 3 heteroatoms. The third kappa shape index (κ3) is 1.87. The third-order valence-corrected chi connectivity index (χ3v) is 1.51. The molecule has 0 radical (unpaired) electrons. The van der Waals surface area contributed by atoms with Gasteiger partial charge in [-0.1, -0.05) is 6.92 Å². The van der Waals surface area contributed by atoms with Gasteiger partial charge in [0.1, 0.15) is 11.6 Å². The van der Waals surface area contributed by atoms with Crippen LogP contribution in [0.4, 0.5) is 8.78 Å². The van der Waals surface area contributed by atoms with Crippen molar-refractivity contribution in [1.29, 1.82) is 0 Å². The van der Waals surface area contributed by atoms with Crippen LogP contribution in [-0.2, 0) is 0 Å². The second-order valence-corrected chi connectivity index (χ2v) is 2.43. The molecule has 1 nitrogen and oxygen atoms in total. The summed E-state index contributed by atoms with van der Waals surface area (Å²) < 4.78 is 25.1. The van der Waals surface area contributed by atoms with E-state index in [0.717, 1.165) is 18.2 Å². The van der Waals surface area contributed by atoms with Crippen molar-refractivity contribution in [2.75, 3.05) is 0 Å². The Bertz CT molecular complexity index is 287. The van der Waals surface area contributed by atoms with E-state index in [-0.39, 0.29) is 17.8 Å². The van der Waals surface area contributed by atoms with Crippen LogP contribution < -0.4 is 0 Å². The van der Waals surface area contributed by atoms with Gasteiger partial charge in [-0.3, -0.25) is 4.79 Å². The van der Waals surface area contributed by atoms with Crippen molar-refractivity contribution in [2.24, 2.45) is 0 Å². The Morgan fingerprint density at radius 2 is 1.75 bits per heavy atom. The fourth-order valence-corrected chi connectivity index (χ4v) is 0.919. The predicted molar refractivity (Wildman–Crippen MR) is 41.0 cm³/mol. The number of carbonyl (C=O) groups is 1. The Hall–Kier alpha value is -1.25. The van der Waals surface area contributed by atoms with E-state index in [9.17, 15) is 13.6 Å². The Morgan fingerprint density at radius 1 is 1.25 bits per heavy atom. The lowest BCUT2D eigenvalue weighted by atomic mass is 10.1. The van der Waals surface area contributed by atoms with E-state index >= 15 is 0 Å². The maximum absolute atomic E-state index is 12.5. The van der Waals surface area contributed by atoms with Crippen LogP contribution >= 0.6 is 0 Å². The van der Waals surface area contributed by atoms with Gasteiger partial charge >= 0.3 is 0 Å². The largest absolute Gasteiger partial charge is 0.294 e. The molecule has 0 atom stereocenters. The molecule has 0 heterocycles. The van der Waals surface area contributed by atoms with Crippen LogP contribution in [0.25, 0.3) is 0 Å². The number of benzene rings is 1. The van der Waals surface area contributed by atoms with Crippen molar-refractivity contribution in [3.8, 4) is 0 Å². The van der Waals surface area contributed by atoms with Gasteiger partial charge in [0, 0.05) is 18.1 Å². The number of Topliss-reactive ketones (excluding diaryl/α,β-unsaturated/α-hetero) is 1. The minimum atomic E-state index is -0.716. The van der Waals surface area contributed by atoms with Gasteiger partial charge in [0.05, 0.1) is 0 Å². The van der Waals surface area contributed by atoms with Crippen molar-refractivity contribution in [3.63, 3.8) is 0 Å². The second kappa shape index (κ2) is 3.43. The van der Waals surface area contributed by atoms with Crippen molar-refractivity contribution >= 4 is 5.78 Å². The summed E-state index contributed by atoms with van der Waals surface area (Å²) >= 11 is 0. The first-order valence-corrected chi connectivity index (χ1v) is 3.62. The molecule has 0 saturated carbocycles. The fraction of sp³-hybridized carbons (Fsp3) is 0.222. The number of carbonyl (C=O) groups excluding carboxylic acids is 1. The number of hydrogen-bond acceptors (Lipinski definition) is 1. The summed E-state index contributed by atoms with van der Waals surface area (Å²) in [7, 11) is 0. The molecular weight excluding hydrogens is 162 g/mol. The highest BCUT2D eigenvalue weighted by Gasteiger charge is 2.06. The maximum atomic E-state index is 12.5. The fourth-order valence-electron chi connectivity index (χ4n) is 0.919. The molecule has 0 aromatic heterocycles. The van der Waals surface area contributed by atoms with Gasteiger partial charge in [-0.25, -0.2) is 8.78 Å². The molecule has 1 aromatic rings. The topological polar surface area (TPSA) is 17.1 Å². The molecule has 0 amide bonds. The lowest BCUT2D eigenvalue weighted by Crippen LogP contribution is -1.97. The summed E-state index contributed by atoms with van der Waals surface area (Å²) in [6.45, 7) is 1.64. The summed E-state index contributed by atoms with van der Waals surface area (Å²) in [6, 6.07) is 2.82. The monoisotopic (exact) mass is 170 g/mol.